The summed E-state index contributed by atoms with van der Waals surface area (Å²) in [5.41, 5.74) is 0. The van der Waals surface area contributed by atoms with Crippen molar-refractivity contribution in [2.24, 2.45) is 0 Å². The molecule has 0 radical (unpaired) electrons. The first kappa shape index (κ1) is 14.0. The highest BCUT2D eigenvalue weighted by Crippen LogP contribution is 2.36. The topological polar surface area (TPSA) is 171 Å². The lowest BCUT2D eigenvalue weighted by Crippen LogP contribution is -2.40. The Morgan fingerprint density at radius 1 is 1.13 bits per heavy atom. The molecule has 0 fully saturated rings. The van der Waals surface area contributed by atoms with Gasteiger partial charge in [-0.05, 0) is 0 Å². The average molecular weight is 246 g/mol. The van der Waals surface area contributed by atoms with E-state index in [0.717, 1.165) is 0 Å². The summed E-state index contributed by atoms with van der Waals surface area (Å²) in [7, 11) is -5.10. The first-order valence-electron chi connectivity index (χ1n) is 3.19. The number of aliphatic carboxylic acids is 1. The van der Waals surface area contributed by atoms with E-state index in [1.807, 2.05) is 0 Å². The van der Waals surface area contributed by atoms with E-state index in [2.05, 4.69) is 9.56 Å². The maximum Gasteiger partial charge on any atom is 0.505 e. The van der Waals surface area contributed by atoms with Crippen molar-refractivity contribution in [3.8, 4) is 0 Å². The van der Waals surface area contributed by atoms with Crippen LogP contribution in [0.15, 0.2) is 0 Å². The molecule has 10 nitrogen and oxygen atoms in total. The number of carbonyl (C=O) groups is 2. The summed E-state index contributed by atoms with van der Waals surface area (Å²) in [6.45, 7) is 0. The monoisotopic (exact) mass is 246 g/mol. The van der Waals surface area contributed by atoms with Crippen molar-refractivity contribution in [1.82, 2.24) is 0 Å². The molecule has 0 saturated heterocycles. The number of rotatable bonds is 5. The van der Waals surface area contributed by atoms with Gasteiger partial charge in [-0.15, -0.1) is 0 Å². The van der Waals surface area contributed by atoms with Gasteiger partial charge in [0.15, 0.2) is 12.2 Å². The standard InChI is InChI=1S/C4H7O10P/c5-1(3(7)8)2(6)4(9)13-14-15(10,11)12/h1-2,5-6H,(H,7,8)(H2,10,11,12). The van der Waals surface area contributed by atoms with Crippen molar-refractivity contribution in [3.63, 3.8) is 0 Å². The van der Waals surface area contributed by atoms with Crippen LogP contribution in [0.5, 0.6) is 0 Å². The van der Waals surface area contributed by atoms with Gasteiger partial charge in [0.25, 0.3) is 0 Å². The van der Waals surface area contributed by atoms with Crippen LogP contribution >= 0.6 is 7.82 Å². The maximum atomic E-state index is 10.6. The van der Waals surface area contributed by atoms with Gasteiger partial charge in [-0.2, -0.15) is 0 Å². The molecule has 0 rings (SSSR count). The number of aliphatic hydroxyl groups excluding tert-OH is 2. The number of carbonyl (C=O) groups excluding carboxylic acids is 1. The van der Waals surface area contributed by atoms with Crippen LogP contribution < -0.4 is 0 Å². The van der Waals surface area contributed by atoms with Gasteiger partial charge in [-0.25, -0.2) is 14.2 Å². The summed E-state index contributed by atoms with van der Waals surface area (Å²) in [6.07, 6.45) is -5.01. The van der Waals surface area contributed by atoms with E-state index in [1.54, 1.807) is 0 Å². The van der Waals surface area contributed by atoms with Crippen LogP contribution in [-0.2, 0) is 23.7 Å². The van der Waals surface area contributed by atoms with Crippen LogP contribution in [0.2, 0.25) is 0 Å². The Labute approximate surface area is 81.8 Å². The highest BCUT2D eigenvalue weighted by atomic mass is 31.2. The van der Waals surface area contributed by atoms with Crippen molar-refractivity contribution in [2.75, 3.05) is 0 Å². The Morgan fingerprint density at radius 2 is 1.60 bits per heavy atom. The third-order valence-corrected chi connectivity index (χ3v) is 1.28. The molecule has 2 atom stereocenters. The molecule has 0 spiro atoms. The zero-order chi connectivity index (χ0) is 12.2. The largest absolute Gasteiger partial charge is 0.505 e. The lowest BCUT2D eigenvalue weighted by atomic mass is 10.2. The summed E-state index contributed by atoms with van der Waals surface area (Å²) >= 11 is 0. The first-order valence-corrected chi connectivity index (χ1v) is 4.73. The van der Waals surface area contributed by atoms with Crippen LogP contribution in [0.4, 0.5) is 0 Å². The second-order valence-electron chi connectivity index (χ2n) is 2.20. The molecule has 0 aromatic carbocycles. The number of hydrogen-bond acceptors (Lipinski definition) is 7. The Balaban J connectivity index is 4.23. The third-order valence-electron chi connectivity index (χ3n) is 1.01. The fraction of sp³-hybridized carbons (Fsp3) is 0.500. The van der Waals surface area contributed by atoms with Gasteiger partial charge in [-0.3, -0.25) is 4.89 Å². The number of hydrogen-bond donors (Lipinski definition) is 5. The fourth-order valence-corrected chi connectivity index (χ4v) is 0.569. The second-order valence-corrected chi connectivity index (χ2v) is 3.33. The SMILES string of the molecule is O=C(O)C(O)C(O)C(=O)OOP(=O)(O)O. The van der Waals surface area contributed by atoms with Gasteiger partial charge in [0.2, 0.25) is 0 Å². The molecule has 0 aromatic rings. The Hall–Kier alpha value is -1.03. The minimum Gasteiger partial charge on any atom is -0.479 e. The van der Waals surface area contributed by atoms with E-state index >= 15 is 0 Å². The lowest BCUT2D eigenvalue weighted by Gasteiger charge is -2.11. The molecule has 0 amide bonds. The van der Waals surface area contributed by atoms with Gasteiger partial charge in [0, 0.05) is 0 Å². The molecule has 0 saturated carbocycles. The van der Waals surface area contributed by atoms with E-state index in [-0.39, 0.29) is 0 Å². The van der Waals surface area contributed by atoms with Gasteiger partial charge < -0.3 is 25.1 Å². The van der Waals surface area contributed by atoms with E-state index in [9.17, 15) is 14.2 Å². The molecule has 11 heteroatoms. The third kappa shape index (κ3) is 5.42. The number of phosphoric acid groups is 1. The van der Waals surface area contributed by atoms with E-state index in [4.69, 9.17) is 25.1 Å². The molecule has 5 N–H and O–H groups in total. The Morgan fingerprint density at radius 3 is 1.93 bits per heavy atom. The molecule has 15 heavy (non-hydrogen) atoms. The molecule has 0 aliphatic rings. The van der Waals surface area contributed by atoms with Crippen molar-refractivity contribution in [2.45, 2.75) is 12.2 Å². The molecule has 88 valence electrons. The Kier molecular flexibility index (Phi) is 4.81. The highest BCUT2D eigenvalue weighted by molar-refractivity contribution is 7.46. The Bertz CT molecular complexity index is 292. The molecular formula is C4H7O10P. The van der Waals surface area contributed by atoms with Gasteiger partial charge in [-0.1, -0.05) is 4.67 Å². The predicted octanol–water partition coefficient (Wildman–Crippen LogP) is -2.64. The molecular weight excluding hydrogens is 239 g/mol. The first-order chi connectivity index (χ1) is 6.65. The molecule has 2 unspecified atom stereocenters. The summed E-state index contributed by atoms with van der Waals surface area (Å²) < 4.78 is 13.2. The zero-order valence-electron chi connectivity index (χ0n) is 6.88. The van der Waals surface area contributed by atoms with Crippen LogP contribution in [0, 0.1) is 0 Å². The van der Waals surface area contributed by atoms with E-state index < -0.39 is 32.0 Å². The van der Waals surface area contributed by atoms with Crippen molar-refractivity contribution >= 4 is 19.8 Å². The van der Waals surface area contributed by atoms with E-state index in [0.29, 0.717) is 0 Å². The van der Waals surface area contributed by atoms with Crippen LogP contribution in [0.25, 0.3) is 0 Å². The molecule has 0 aromatic heterocycles. The molecule has 0 aliphatic heterocycles. The summed E-state index contributed by atoms with van der Waals surface area (Å²) in [5.74, 6) is -3.77. The summed E-state index contributed by atoms with van der Waals surface area (Å²) in [5, 5.41) is 25.4. The quantitative estimate of drug-likeness (QED) is 0.196. The van der Waals surface area contributed by atoms with Crippen LogP contribution in [0.1, 0.15) is 0 Å². The average Bonchev–Trinajstić information content (AvgIpc) is 2.10. The summed E-state index contributed by atoms with van der Waals surface area (Å²) in [4.78, 5) is 40.1. The second kappa shape index (κ2) is 5.16. The molecule has 0 heterocycles. The smallest absolute Gasteiger partial charge is 0.479 e. The number of carboxylic acid groups (broad SMARTS) is 1. The van der Waals surface area contributed by atoms with Crippen molar-refractivity contribution < 1.29 is 48.8 Å². The minimum absolute atomic E-state index is 1.85. The van der Waals surface area contributed by atoms with Gasteiger partial charge in [0.05, 0.1) is 0 Å². The minimum atomic E-state index is -5.10. The van der Waals surface area contributed by atoms with Crippen LogP contribution in [0.3, 0.4) is 0 Å². The van der Waals surface area contributed by atoms with Gasteiger partial charge >= 0.3 is 19.8 Å². The van der Waals surface area contributed by atoms with Crippen molar-refractivity contribution in [3.05, 3.63) is 0 Å². The van der Waals surface area contributed by atoms with Crippen molar-refractivity contribution in [1.29, 1.82) is 0 Å². The number of carboxylic acids is 1. The maximum absolute atomic E-state index is 10.6. The molecule has 0 bridgehead atoms. The predicted molar refractivity (Wildman–Crippen MR) is 38.9 cm³/mol. The zero-order valence-corrected chi connectivity index (χ0v) is 7.77. The van der Waals surface area contributed by atoms with Gasteiger partial charge in [0.1, 0.15) is 0 Å². The lowest BCUT2D eigenvalue weighted by molar-refractivity contribution is -0.235. The van der Waals surface area contributed by atoms with Crippen LogP contribution in [-0.4, -0.2) is 49.3 Å². The summed E-state index contributed by atoms with van der Waals surface area (Å²) in [6, 6.07) is 0. The fourth-order valence-electron chi connectivity index (χ4n) is 0.399. The van der Waals surface area contributed by atoms with E-state index in [1.165, 1.54) is 0 Å². The normalized spacial score (nSPS) is 15.5. The highest BCUT2D eigenvalue weighted by Gasteiger charge is 2.33. The molecule has 0 aliphatic carbocycles. The number of aliphatic hydroxyl groups is 2.